The molecule has 9 aromatic carbocycles. The largest absolute Gasteiger partial charge is 0.309 e. The fraction of sp³-hybridized carbons (Fsp3) is 0. The Morgan fingerprint density at radius 1 is 0.328 bits per heavy atom. The van der Waals surface area contributed by atoms with E-state index in [9.17, 15) is 0 Å². The molecule has 272 valence electrons. The summed E-state index contributed by atoms with van der Waals surface area (Å²) in [6.07, 6.45) is 0. The van der Waals surface area contributed by atoms with Gasteiger partial charge in [-0.2, -0.15) is 0 Å². The molecule has 0 N–H and O–H groups in total. The van der Waals surface area contributed by atoms with Gasteiger partial charge in [-0.3, -0.25) is 0 Å². The van der Waals surface area contributed by atoms with E-state index in [0.29, 0.717) is 0 Å². The summed E-state index contributed by atoms with van der Waals surface area (Å²) in [5.41, 5.74) is 11.7. The highest BCUT2D eigenvalue weighted by molar-refractivity contribution is 7.26. The number of benzene rings is 9. The molecule has 0 unspecified atom stereocenters. The fourth-order valence-electron chi connectivity index (χ4n) is 8.90. The van der Waals surface area contributed by atoms with Crippen molar-refractivity contribution < 1.29 is 0 Å². The second-order valence-electron chi connectivity index (χ2n) is 14.9. The Hall–Kier alpha value is -6.98. The molecule has 0 aliphatic rings. The first-order valence-electron chi connectivity index (χ1n) is 19.7. The molecular formula is C54H34N2S2. The molecule has 2 nitrogen and oxygen atoms in total. The Labute approximate surface area is 343 Å². The summed E-state index contributed by atoms with van der Waals surface area (Å²) in [4.78, 5) is 2.47. The SMILES string of the molecule is c1ccc(-n2c3ccccc3c3ccc(N(c4cccc(-c5cccc(-c6ccc7sc8ccccc8c7c6)c5)c4)c4cccc5c4sc4ccccc45)cc32)cc1. The third-order valence-corrected chi connectivity index (χ3v) is 13.9. The first-order valence-corrected chi connectivity index (χ1v) is 21.3. The first kappa shape index (κ1) is 33.2. The van der Waals surface area contributed by atoms with E-state index in [1.807, 2.05) is 22.7 Å². The van der Waals surface area contributed by atoms with Crippen LogP contribution < -0.4 is 4.90 Å². The van der Waals surface area contributed by atoms with E-state index < -0.39 is 0 Å². The average molecular weight is 775 g/mol. The minimum Gasteiger partial charge on any atom is -0.309 e. The van der Waals surface area contributed by atoms with Crippen LogP contribution in [-0.2, 0) is 0 Å². The number of thiophene rings is 2. The number of hydrogen-bond acceptors (Lipinski definition) is 3. The highest BCUT2D eigenvalue weighted by Crippen LogP contribution is 2.47. The molecule has 3 heterocycles. The smallest absolute Gasteiger partial charge is 0.0640 e. The van der Waals surface area contributed by atoms with E-state index in [1.54, 1.807) is 0 Å². The summed E-state index contributed by atoms with van der Waals surface area (Å²) in [7, 11) is 0. The van der Waals surface area contributed by atoms with Crippen molar-refractivity contribution in [2.45, 2.75) is 0 Å². The molecule has 0 amide bonds. The van der Waals surface area contributed by atoms with Crippen molar-refractivity contribution in [2.75, 3.05) is 4.90 Å². The van der Waals surface area contributed by atoms with Gasteiger partial charge in [-0.05, 0) is 101 Å². The zero-order chi connectivity index (χ0) is 38.2. The van der Waals surface area contributed by atoms with E-state index in [1.165, 1.54) is 90.1 Å². The normalized spacial score (nSPS) is 11.8. The molecule has 0 radical (unpaired) electrons. The number of hydrogen-bond donors (Lipinski definition) is 0. The lowest BCUT2D eigenvalue weighted by Crippen LogP contribution is -2.10. The maximum Gasteiger partial charge on any atom is 0.0640 e. The van der Waals surface area contributed by atoms with Gasteiger partial charge < -0.3 is 9.47 Å². The maximum absolute atomic E-state index is 2.47. The van der Waals surface area contributed by atoms with Gasteiger partial charge in [-0.1, -0.05) is 127 Å². The van der Waals surface area contributed by atoms with Crippen LogP contribution in [0.3, 0.4) is 0 Å². The minimum atomic E-state index is 1.11. The number of aromatic nitrogens is 1. The molecule has 12 rings (SSSR count). The summed E-state index contributed by atoms with van der Waals surface area (Å²) in [5.74, 6) is 0. The summed E-state index contributed by atoms with van der Waals surface area (Å²) < 4.78 is 7.63. The lowest BCUT2D eigenvalue weighted by atomic mass is 9.97. The first-order chi connectivity index (χ1) is 28.7. The van der Waals surface area contributed by atoms with Crippen molar-refractivity contribution in [1.82, 2.24) is 4.57 Å². The van der Waals surface area contributed by atoms with Crippen LogP contribution in [0.4, 0.5) is 17.1 Å². The van der Waals surface area contributed by atoms with Crippen LogP contribution in [0.15, 0.2) is 206 Å². The van der Waals surface area contributed by atoms with Crippen molar-refractivity contribution in [2.24, 2.45) is 0 Å². The highest BCUT2D eigenvalue weighted by Gasteiger charge is 2.21. The van der Waals surface area contributed by atoms with Crippen molar-refractivity contribution >= 4 is 102 Å². The molecule has 4 heteroatoms. The van der Waals surface area contributed by atoms with Gasteiger partial charge in [0, 0.05) is 63.5 Å². The monoisotopic (exact) mass is 774 g/mol. The molecule has 0 atom stereocenters. The molecule has 0 aliphatic heterocycles. The van der Waals surface area contributed by atoms with E-state index in [2.05, 4.69) is 216 Å². The van der Waals surface area contributed by atoms with Gasteiger partial charge in [0.2, 0.25) is 0 Å². The predicted octanol–water partition coefficient (Wildman–Crippen LogP) is 16.3. The van der Waals surface area contributed by atoms with Crippen LogP contribution in [-0.4, -0.2) is 4.57 Å². The van der Waals surface area contributed by atoms with Gasteiger partial charge >= 0.3 is 0 Å². The molecule has 58 heavy (non-hydrogen) atoms. The lowest BCUT2D eigenvalue weighted by molar-refractivity contribution is 1.18. The van der Waals surface area contributed by atoms with E-state index in [0.717, 1.165) is 17.1 Å². The number of anilines is 3. The van der Waals surface area contributed by atoms with E-state index in [-0.39, 0.29) is 0 Å². The molecule has 0 fully saturated rings. The molecule has 0 spiro atoms. The van der Waals surface area contributed by atoms with Crippen LogP contribution in [0, 0.1) is 0 Å². The average Bonchev–Trinajstić information content (AvgIpc) is 3.96. The summed E-state index contributed by atoms with van der Waals surface area (Å²) in [6, 6.07) is 75.7. The zero-order valence-electron chi connectivity index (χ0n) is 31.3. The van der Waals surface area contributed by atoms with Crippen molar-refractivity contribution in [3.63, 3.8) is 0 Å². The van der Waals surface area contributed by atoms with Crippen LogP contribution in [0.1, 0.15) is 0 Å². The molecule has 0 saturated heterocycles. The third kappa shape index (κ3) is 5.30. The van der Waals surface area contributed by atoms with Crippen LogP contribution in [0.2, 0.25) is 0 Å². The Morgan fingerprint density at radius 3 is 1.74 bits per heavy atom. The molecule has 0 aliphatic carbocycles. The van der Waals surface area contributed by atoms with Gasteiger partial charge in [0.1, 0.15) is 0 Å². The number of nitrogens with zero attached hydrogens (tertiary/aromatic N) is 2. The van der Waals surface area contributed by atoms with E-state index >= 15 is 0 Å². The van der Waals surface area contributed by atoms with Gasteiger partial charge in [0.05, 0.1) is 21.4 Å². The fourth-order valence-corrected chi connectivity index (χ4v) is 11.2. The predicted molar refractivity (Wildman–Crippen MR) is 252 cm³/mol. The van der Waals surface area contributed by atoms with Crippen molar-refractivity contribution in [3.05, 3.63) is 206 Å². The standard InChI is InChI=1S/C54H34N2S2/c1-2-16-39(17-3-1)56-48-23-7-4-19-42(48)43-29-28-41(34-50(43)56)55(49-24-12-22-46-44-20-5-9-26-52(44)58-54(46)49)40-18-11-15-37(32-40)35-13-10-14-36(31-35)38-27-30-53-47(33-38)45-21-6-8-25-51(45)57-53/h1-34H. The molecular weight excluding hydrogens is 741 g/mol. The second kappa shape index (κ2) is 13.3. The van der Waals surface area contributed by atoms with Gasteiger partial charge in [0.25, 0.3) is 0 Å². The second-order valence-corrected chi connectivity index (χ2v) is 17.1. The molecule has 3 aromatic heterocycles. The summed E-state index contributed by atoms with van der Waals surface area (Å²) in [6.45, 7) is 0. The highest BCUT2D eigenvalue weighted by atomic mass is 32.1. The Morgan fingerprint density at radius 2 is 0.914 bits per heavy atom. The Kier molecular flexibility index (Phi) is 7.62. The minimum absolute atomic E-state index is 1.11. The van der Waals surface area contributed by atoms with Crippen molar-refractivity contribution in [3.8, 4) is 27.9 Å². The lowest BCUT2D eigenvalue weighted by Gasteiger charge is -2.27. The van der Waals surface area contributed by atoms with Gasteiger partial charge in [-0.15, -0.1) is 22.7 Å². The zero-order valence-corrected chi connectivity index (χ0v) is 33.0. The quantitative estimate of drug-likeness (QED) is 0.163. The maximum atomic E-state index is 2.47. The molecule has 0 saturated carbocycles. The summed E-state index contributed by atoms with van der Waals surface area (Å²) in [5, 5.41) is 7.70. The Balaban J connectivity index is 1.05. The van der Waals surface area contributed by atoms with Crippen molar-refractivity contribution in [1.29, 1.82) is 0 Å². The molecule has 12 aromatic rings. The van der Waals surface area contributed by atoms with E-state index in [4.69, 9.17) is 0 Å². The number of fused-ring (bicyclic) bond motifs is 9. The topological polar surface area (TPSA) is 8.17 Å². The number of para-hydroxylation sites is 2. The Bertz CT molecular complexity index is 3530. The summed E-state index contributed by atoms with van der Waals surface area (Å²) >= 11 is 3.73. The van der Waals surface area contributed by atoms with Gasteiger partial charge in [0.15, 0.2) is 0 Å². The molecule has 0 bridgehead atoms. The number of rotatable bonds is 6. The van der Waals surface area contributed by atoms with Crippen LogP contribution in [0.25, 0.3) is 90.1 Å². The van der Waals surface area contributed by atoms with Gasteiger partial charge in [-0.25, -0.2) is 0 Å². The third-order valence-electron chi connectivity index (χ3n) is 11.6. The van der Waals surface area contributed by atoms with Crippen LogP contribution in [0.5, 0.6) is 0 Å². The van der Waals surface area contributed by atoms with Crippen LogP contribution >= 0.6 is 22.7 Å².